The first-order valence-corrected chi connectivity index (χ1v) is 4.74. The first-order valence-electron chi connectivity index (χ1n) is 4.74. The summed E-state index contributed by atoms with van der Waals surface area (Å²) in [6.45, 7) is 10.4. The summed E-state index contributed by atoms with van der Waals surface area (Å²) in [5.74, 6) is -0.966. The molecule has 5 heteroatoms. The molecule has 1 radical (unpaired) electrons. The SMILES string of the molecule is [CH2-]C(=O)OC/C=C/C.[CH2-]C(=O)OC/C=C/C.[Y]. The number of rotatable bonds is 4. The molecule has 95 valence electrons. The Morgan fingerprint density at radius 2 is 1.24 bits per heavy atom. The van der Waals surface area contributed by atoms with E-state index in [1.165, 1.54) is 0 Å². The van der Waals surface area contributed by atoms with E-state index in [-0.39, 0.29) is 32.7 Å². The Bertz CT molecular complexity index is 221. The molecule has 0 unspecified atom stereocenters. The fourth-order valence-electron chi connectivity index (χ4n) is 0.475. The average molecular weight is 315 g/mol. The van der Waals surface area contributed by atoms with Crippen LogP contribution in [0.15, 0.2) is 24.3 Å². The molecule has 0 saturated heterocycles. The van der Waals surface area contributed by atoms with E-state index in [4.69, 9.17) is 0 Å². The number of ether oxygens (including phenoxy) is 2. The summed E-state index contributed by atoms with van der Waals surface area (Å²) in [5, 5.41) is 0. The van der Waals surface area contributed by atoms with Crippen molar-refractivity contribution in [3.05, 3.63) is 38.2 Å². The van der Waals surface area contributed by atoms with E-state index in [2.05, 4.69) is 23.3 Å². The van der Waals surface area contributed by atoms with E-state index in [1.54, 1.807) is 12.2 Å². The molecule has 0 aliphatic rings. The topological polar surface area (TPSA) is 52.6 Å². The number of carbonyl (C=O) groups excluding carboxylic acids is 2. The molecule has 0 amide bonds. The fraction of sp³-hybridized carbons (Fsp3) is 0.333. The predicted octanol–water partition coefficient (Wildman–Crippen LogP) is 1.88. The van der Waals surface area contributed by atoms with Gasteiger partial charge in [0.25, 0.3) is 0 Å². The van der Waals surface area contributed by atoms with Crippen LogP contribution < -0.4 is 0 Å². The molecule has 0 heterocycles. The predicted molar refractivity (Wildman–Crippen MR) is 62.3 cm³/mol. The van der Waals surface area contributed by atoms with Crippen molar-refractivity contribution in [3.63, 3.8) is 0 Å². The maximum Gasteiger partial charge on any atom is 0.164 e. The summed E-state index contributed by atoms with van der Waals surface area (Å²) in [4.78, 5) is 19.9. The summed E-state index contributed by atoms with van der Waals surface area (Å²) in [6, 6.07) is 0. The van der Waals surface area contributed by atoms with Gasteiger partial charge in [0.05, 0.1) is 0 Å². The number of allylic oxidation sites excluding steroid dienone is 2. The molecule has 0 aromatic rings. The van der Waals surface area contributed by atoms with Gasteiger partial charge in [-0.25, -0.2) is 0 Å². The molecule has 17 heavy (non-hydrogen) atoms. The van der Waals surface area contributed by atoms with Gasteiger partial charge in [-0.05, 0) is 13.8 Å². The van der Waals surface area contributed by atoms with Crippen molar-refractivity contribution in [2.45, 2.75) is 13.8 Å². The quantitative estimate of drug-likeness (QED) is 0.451. The first kappa shape index (κ1) is 21.5. The molecule has 0 rings (SSSR count). The standard InChI is InChI=1S/2C6H9O2.Y/c2*1-3-4-5-8-6(2)7;/h2*3-4H,2,5H2,1H3;/q2*-1;/b2*4-3+;. The average Bonchev–Trinajstić information content (AvgIpc) is 2.18. The molecule has 0 aliphatic heterocycles. The summed E-state index contributed by atoms with van der Waals surface area (Å²) in [5.41, 5.74) is 0. The molecule has 0 aromatic heterocycles. The Balaban J connectivity index is -0.000000218. The number of carbonyl (C=O) groups is 2. The third-order valence-electron chi connectivity index (χ3n) is 1.15. The van der Waals surface area contributed by atoms with Gasteiger partial charge in [-0.15, -0.1) is 0 Å². The zero-order valence-electron chi connectivity index (χ0n) is 10.3. The van der Waals surface area contributed by atoms with E-state index >= 15 is 0 Å². The normalized spacial score (nSPS) is 9.06. The summed E-state index contributed by atoms with van der Waals surface area (Å²) >= 11 is 0. The second-order valence-electron chi connectivity index (χ2n) is 2.50. The number of hydrogen-bond donors (Lipinski definition) is 0. The van der Waals surface area contributed by atoms with Crippen LogP contribution in [0.1, 0.15) is 13.8 Å². The molecule has 0 spiro atoms. The van der Waals surface area contributed by atoms with Crippen LogP contribution in [0.25, 0.3) is 0 Å². The van der Waals surface area contributed by atoms with Gasteiger partial charge in [-0.3, -0.25) is 23.4 Å². The van der Waals surface area contributed by atoms with E-state index in [9.17, 15) is 9.59 Å². The van der Waals surface area contributed by atoms with Crippen LogP contribution in [0.3, 0.4) is 0 Å². The van der Waals surface area contributed by atoms with Crippen molar-refractivity contribution >= 4 is 11.9 Å². The van der Waals surface area contributed by atoms with Crippen molar-refractivity contribution in [2.75, 3.05) is 13.2 Å². The van der Waals surface area contributed by atoms with Crippen LogP contribution in [-0.2, 0) is 51.8 Å². The van der Waals surface area contributed by atoms with Crippen LogP contribution in [0.2, 0.25) is 0 Å². The zero-order valence-corrected chi connectivity index (χ0v) is 13.2. The van der Waals surface area contributed by atoms with Crippen molar-refractivity contribution in [2.24, 2.45) is 0 Å². The molecule has 0 aliphatic carbocycles. The maximum absolute atomic E-state index is 9.95. The Morgan fingerprint density at radius 3 is 1.41 bits per heavy atom. The zero-order chi connectivity index (χ0) is 12.8. The molecular formula is C12H18O4Y-2. The molecular weight excluding hydrogens is 297 g/mol. The number of hydrogen-bond acceptors (Lipinski definition) is 4. The Labute approximate surface area is 128 Å². The van der Waals surface area contributed by atoms with Crippen LogP contribution in [0, 0.1) is 13.8 Å². The first-order chi connectivity index (χ1) is 7.54. The summed E-state index contributed by atoms with van der Waals surface area (Å²) in [7, 11) is 0. The van der Waals surface area contributed by atoms with Gasteiger partial charge in [-0.1, -0.05) is 24.3 Å². The van der Waals surface area contributed by atoms with Crippen molar-refractivity contribution in [3.8, 4) is 0 Å². The van der Waals surface area contributed by atoms with E-state index in [0.717, 1.165) is 0 Å². The molecule has 0 fully saturated rings. The van der Waals surface area contributed by atoms with E-state index < -0.39 is 11.9 Å². The molecule has 0 saturated carbocycles. The fourth-order valence-corrected chi connectivity index (χ4v) is 0.475. The van der Waals surface area contributed by atoms with E-state index in [1.807, 2.05) is 26.0 Å². The van der Waals surface area contributed by atoms with Crippen LogP contribution >= 0.6 is 0 Å². The Hall–Kier alpha value is -0.736. The Kier molecular flexibility index (Phi) is 22.4. The second-order valence-corrected chi connectivity index (χ2v) is 2.50. The largest absolute Gasteiger partial charge is 0.484 e. The Morgan fingerprint density at radius 1 is 0.941 bits per heavy atom. The minimum absolute atomic E-state index is 0. The van der Waals surface area contributed by atoms with E-state index in [0.29, 0.717) is 13.2 Å². The second kappa shape index (κ2) is 17.7. The van der Waals surface area contributed by atoms with Crippen LogP contribution in [-0.4, -0.2) is 25.2 Å². The maximum atomic E-state index is 9.95. The van der Waals surface area contributed by atoms with Crippen molar-refractivity contribution < 1.29 is 51.8 Å². The molecule has 0 bridgehead atoms. The van der Waals surface area contributed by atoms with Crippen LogP contribution in [0.5, 0.6) is 0 Å². The summed E-state index contributed by atoms with van der Waals surface area (Å²) < 4.78 is 8.89. The molecule has 0 N–H and O–H groups in total. The number of esters is 2. The third-order valence-corrected chi connectivity index (χ3v) is 1.15. The summed E-state index contributed by atoms with van der Waals surface area (Å²) in [6.07, 6.45) is 7.10. The monoisotopic (exact) mass is 315 g/mol. The van der Waals surface area contributed by atoms with Crippen molar-refractivity contribution in [1.82, 2.24) is 0 Å². The van der Waals surface area contributed by atoms with Crippen molar-refractivity contribution in [1.29, 1.82) is 0 Å². The molecule has 4 nitrogen and oxygen atoms in total. The van der Waals surface area contributed by atoms with Gasteiger partial charge < -0.3 is 9.47 Å². The van der Waals surface area contributed by atoms with Gasteiger partial charge in [0.2, 0.25) is 0 Å². The molecule has 0 atom stereocenters. The van der Waals surface area contributed by atoms with Gasteiger partial charge in [0.1, 0.15) is 13.2 Å². The van der Waals surface area contributed by atoms with Crippen LogP contribution in [0.4, 0.5) is 0 Å². The smallest absolute Gasteiger partial charge is 0.164 e. The van der Waals surface area contributed by atoms with Gasteiger partial charge in [0.15, 0.2) is 11.9 Å². The molecule has 0 aromatic carbocycles. The minimum Gasteiger partial charge on any atom is -0.484 e. The van der Waals surface area contributed by atoms with Gasteiger partial charge in [0, 0.05) is 32.7 Å². The van der Waals surface area contributed by atoms with Gasteiger partial charge >= 0.3 is 0 Å². The minimum atomic E-state index is -0.483. The van der Waals surface area contributed by atoms with Gasteiger partial charge in [-0.2, -0.15) is 0 Å². The third kappa shape index (κ3) is 31.3.